The van der Waals surface area contributed by atoms with Crippen molar-refractivity contribution in [3.8, 4) is 22.4 Å². The highest BCUT2D eigenvalue weighted by Crippen LogP contribution is 2.42. The summed E-state index contributed by atoms with van der Waals surface area (Å²) in [7, 11) is 0. The molecule has 31 heavy (non-hydrogen) atoms. The Morgan fingerprint density at radius 2 is 2.13 bits per heavy atom. The van der Waals surface area contributed by atoms with Gasteiger partial charge in [-0.15, -0.1) is 10.2 Å². The lowest BCUT2D eigenvalue weighted by Gasteiger charge is -2.32. The average molecular weight is 437 g/mol. The molecule has 7 heteroatoms. The van der Waals surface area contributed by atoms with Gasteiger partial charge in [0.2, 0.25) is 0 Å². The quantitative estimate of drug-likeness (QED) is 0.665. The van der Waals surface area contributed by atoms with Gasteiger partial charge < -0.3 is 15.2 Å². The Labute approximate surface area is 187 Å². The SMILES string of the molecule is CC(C)Oc1ccc(-c2nnc(C3=CCCC4=C3CCCC4NCCO)s2)cc1C#N. The van der Waals surface area contributed by atoms with Gasteiger partial charge in [0, 0.05) is 23.7 Å². The van der Waals surface area contributed by atoms with E-state index in [1.165, 1.54) is 16.7 Å². The molecule has 0 saturated carbocycles. The number of benzene rings is 1. The fourth-order valence-electron chi connectivity index (χ4n) is 4.39. The number of aliphatic hydroxyl groups excluding tert-OH is 1. The minimum Gasteiger partial charge on any atom is -0.490 e. The lowest BCUT2D eigenvalue weighted by Crippen LogP contribution is -2.36. The first-order valence-corrected chi connectivity index (χ1v) is 11.7. The van der Waals surface area contributed by atoms with Gasteiger partial charge in [0.1, 0.15) is 21.8 Å². The Bertz CT molecular complexity index is 1050. The van der Waals surface area contributed by atoms with Gasteiger partial charge in [0.05, 0.1) is 18.3 Å². The van der Waals surface area contributed by atoms with Gasteiger partial charge in [-0.3, -0.25) is 0 Å². The van der Waals surface area contributed by atoms with E-state index in [0.29, 0.717) is 23.9 Å². The molecule has 1 aromatic carbocycles. The molecule has 1 heterocycles. The number of nitriles is 1. The Hall–Kier alpha value is -2.53. The van der Waals surface area contributed by atoms with E-state index in [0.717, 1.165) is 47.7 Å². The minimum absolute atomic E-state index is 0.0120. The zero-order valence-electron chi connectivity index (χ0n) is 18.0. The molecule has 6 nitrogen and oxygen atoms in total. The molecule has 162 valence electrons. The molecule has 0 saturated heterocycles. The summed E-state index contributed by atoms with van der Waals surface area (Å²) in [5.41, 5.74) is 5.47. The van der Waals surface area contributed by atoms with E-state index in [-0.39, 0.29) is 12.7 Å². The summed E-state index contributed by atoms with van der Waals surface area (Å²) in [6.07, 6.45) is 7.68. The van der Waals surface area contributed by atoms with Crippen molar-refractivity contribution in [2.24, 2.45) is 0 Å². The van der Waals surface area contributed by atoms with E-state index in [1.54, 1.807) is 11.3 Å². The van der Waals surface area contributed by atoms with Crippen molar-refractivity contribution >= 4 is 16.9 Å². The van der Waals surface area contributed by atoms with Crippen LogP contribution in [0, 0.1) is 11.3 Å². The standard InChI is InChI=1S/C24H28N4O2S/c1-15(2)30-22-10-9-16(13-17(22)14-25)23-27-28-24(31-23)20-7-3-6-19-18(20)5-4-8-21(19)26-11-12-29/h7,9-10,13,15,21,26,29H,3-6,8,11-12H2,1-2H3. The summed E-state index contributed by atoms with van der Waals surface area (Å²) >= 11 is 1.57. The van der Waals surface area contributed by atoms with Gasteiger partial charge in [0.15, 0.2) is 0 Å². The summed E-state index contributed by atoms with van der Waals surface area (Å²) < 4.78 is 5.73. The Balaban J connectivity index is 1.61. The molecule has 0 amide bonds. The van der Waals surface area contributed by atoms with E-state index in [1.807, 2.05) is 32.0 Å². The van der Waals surface area contributed by atoms with Crippen LogP contribution in [0.2, 0.25) is 0 Å². The summed E-state index contributed by atoms with van der Waals surface area (Å²) in [5.74, 6) is 0.597. The fourth-order valence-corrected chi connectivity index (χ4v) is 5.30. The minimum atomic E-state index is 0.0120. The van der Waals surface area contributed by atoms with Crippen LogP contribution in [0.25, 0.3) is 16.1 Å². The van der Waals surface area contributed by atoms with Crippen LogP contribution in [0.1, 0.15) is 56.5 Å². The summed E-state index contributed by atoms with van der Waals surface area (Å²) in [6, 6.07) is 8.19. The van der Waals surface area contributed by atoms with Crippen molar-refractivity contribution in [2.75, 3.05) is 13.2 Å². The van der Waals surface area contributed by atoms with Crippen molar-refractivity contribution in [3.05, 3.63) is 46.0 Å². The number of allylic oxidation sites excluding steroid dienone is 3. The highest BCUT2D eigenvalue weighted by Gasteiger charge is 2.28. The second-order valence-corrected chi connectivity index (χ2v) is 9.16. The van der Waals surface area contributed by atoms with Crippen LogP contribution < -0.4 is 10.1 Å². The van der Waals surface area contributed by atoms with Crippen LogP contribution in [0.4, 0.5) is 0 Å². The Morgan fingerprint density at radius 1 is 1.29 bits per heavy atom. The van der Waals surface area contributed by atoms with Crippen LogP contribution in [0.3, 0.4) is 0 Å². The molecular formula is C24H28N4O2S. The molecule has 0 spiro atoms. The average Bonchev–Trinajstić information content (AvgIpc) is 3.27. The van der Waals surface area contributed by atoms with Crippen molar-refractivity contribution < 1.29 is 9.84 Å². The predicted molar refractivity (Wildman–Crippen MR) is 123 cm³/mol. The van der Waals surface area contributed by atoms with E-state index < -0.39 is 0 Å². The van der Waals surface area contributed by atoms with Crippen LogP contribution >= 0.6 is 11.3 Å². The monoisotopic (exact) mass is 436 g/mol. The highest BCUT2D eigenvalue weighted by molar-refractivity contribution is 7.15. The Kier molecular flexibility index (Phi) is 6.81. The molecule has 2 aliphatic carbocycles. The van der Waals surface area contributed by atoms with Crippen LogP contribution in [-0.2, 0) is 0 Å². The largest absolute Gasteiger partial charge is 0.490 e. The third-order valence-corrected chi connectivity index (χ3v) is 6.69. The number of hydrogen-bond donors (Lipinski definition) is 2. The highest BCUT2D eigenvalue weighted by atomic mass is 32.1. The lowest BCUT2D eigenvalue weighted by molar-refractivity contribution is 0.242. The van der Waals surface area contributed by atoms with Gasteiger partial charge >= 0.3 is 0 Å². The molecule has 0 fully saturated rings. The van der Waals surface area contributed by atoms with Crippen LogP contribution in [-0.4, -0.2) is 40.6 Å². The summed E-state index contributed by atoms with van der Waals surface area (Å²) in [5, 5.41) is 32.9. The summed E-state index contributed by atoms with van der Waals surface area (Å²) in [6.45, 7) is 4.68. The zero-order chi connectivity index (χ0) is 21.8. The first-order chi connectivity index (χ1) is 15.1. The summed E-state index contributed by atoms with van der Waals surface area (Å²) in [4.78, 5) is 0. The van der Waals surface area contributed by atoms with Gasteiger partial charge in [-0.2, -0.15) is 5.26 Å². The number of rotatable bonds is 7. The maximum Gasteiger partial charge on any atom is 0.148 e. The normalized spacial score (nSPS) is 18.5. The molecule has 2 aromatic rings. The molecule has 1 unspecified atom stereocenters. The second-order valence-electron chi connectivity index (χ2n) is 8.18. The maximum absolute atomic E-state index is 9.53. The van der Waals surface area contributed by atoms with E-state index in [9.17, 15) is 10.4 Å². The number of aromatic nitrogens is 2. The molecule has 0 radical (unpaired) electrons. The van der Waals surface area contributed by atoms with Crippen LogP contribution in [0.15, 0.2) is 35.4 Å². The number of aliphatic hydroxyl groups is 1. The Morgan fingerprint density at radius 3 is 2.90 bits per heavy atom. The molecule has 2 N–H and O–H groups in total. The second kappa shape index (κ2) is 9.73. The van der Waals surface area contributed by atoms with Gasteiger partial charge in [-0.1, -0.05) is 17.4 Å². The molecule has 0 bridgehead atoms. The molecule has 1 aromatic heterocycles. The third kappa shape index (κ3) is 4.72. The van der Waals surface area contributed by atoms with Gasteiger partial charge in [0.25, 0.3) is 0 Å². The molecular weight excluding hydrogens is 408 g/mol. The van der Waals surface area contributed by atoms with Gasteiger partial charge in [-0.25, -0.2) is 0 Å². The number of nitrogens with zero attached hydrogens (tertiary/aromatic N) is 3. The fraction of sp³-hybridized carbons (Fsp3) is 0.458. The molecule has 2 aliphatic rings. The zero-order valence-corrected chi connectivity index (χ0v) is 18.8. The van der Waals surface area contributed by atoms with E-state index >= 15 is 0 Å². The van der Waals surface area contributed by atoms with E-state index in [2.05, 4.69) is 27.7 Å². The first kappa shape index (κ1) is 21.7. The smallest absolute Gasteiger partial charge is 0.148 e. The van der Waals surface area contributed by atoms with Crippen molar-refractivity contribution in [1.29, 1.82) is 5.26 Å². The maximum atomic E-state index is 9.53. The van der Waals surface area contributed by atoms with Crippen LogP contribution in [0.5, 0.6) is 5.75 Å². The number of ether oxygens (including phenoxy) is 1. The molecule has 0 aliphatic heterocycles. The number of hydrogen-bond acceptors (Lipinski definition) is 7. The number of nitrogens with one attached hydrogen (secondary N) is 1. The van der Waals surface area contributed by atoms with Crippen molar-refractivity contribution in [1.82, 2.24) is 15.5 Å². The lowest BCUT2D eigenvalue weighted by atomic mass is 9.79. The van der Waals surface area contributed by atoms with Crippen molar-refractivity contribution in [2.45, 2.75) is 58.1 Å². The molecule has 1 atom stereocenters. The predicted octanol–water partition coefficient (Wildman–Crippen LogP) is 4.47. The van der Waals surface area contributed by atoms with Gasteiger partial charge in [-0.05, 0) is 75.3 Å². The van der Waals surface area contributed by atoms with Crippen molar-refractivity contribution in [3.63, 3.8) is 0 Å². The molecule has 4 rings (SSSR count). The van der Waals surface area contributed by atoms with E-state index in [4.69, 9.17) is 4.74 Å². The third-order valence-electron chi connectivity index (χ3n) is 5.68. The topological polar surface area (TPSA) is 91.1 Å². The first-order valence-electron chi connectivity index (χ1n) is 10.9.